The maximum atomic E-state index is 12.6. The van der Waals surface area contributed by atoms with Gasteiger partial charge in [-0.3, -0.25) is 4.79 Å². The van der Waals surface area contributed by atoms with Crippen LogP contribution in [-0.4, -0.2) is 24.0 Å². The molecule has 0 atom stereocenters. The van der Waals surface area contributed by atoms with Crippen molar-refractivity contribution in [3.63, 3.8) is 0 Å². The van der Waals surface area contributed by atoms with Crippen LogP contribution in [0.4, 0.5) is 0 Å². The molecule has 1 aromatic heterocycles. The standard InChI is InChI=1S/C16H16BrNO2S/c1-2-20-13-4-3-11-5-7-18(10-12(11)9-13)16(19)15-14(17)6-8-21-15/h3-4,6,8-9H,2,5,7,10H2,1H3. The van der Waals surface area contributed by atoms with Gasteiger partial charge in [0.2, 0.25) is 0 Å². The molecule has 0 saturated heterocycles. The third-order valence-electron chi connectivity index (χ3n) is 3.60. The molecule has 0 aliphatic carbocycles. The second kappa shape index (κ2) is 6.20. The van der Waals surface area contributed by atoms with Crippen molar-refractivity contribution in [3.05, 3.63) is 50.1 Å². The lowest BCUT2D eigenvalue weighted by Crippen LogP contribution is -2.35. The molecule has 2 aromatic rings. The Bertz CT molecular complexity index is 668. The Hall–Kier alpha value is -1.33. The molecule has 3 rings (SSSR count). The average Bonchev–Trinajstić information content (AvgIpc) is 2.92. The molecular weight excluding hydrogens is 350 g/mol. The molecule has 0 bridgehead atoms. The van der Waals surface area contributed by atoms with Crippen LogP contribution in [0.1, 0.15) is 27.7 Å². The van der Waals surface area contributed by atoms with E-state index in [-0.39, 0.29) is 5.91 Å². The lowest BCUT2D eigenvalue weighted by Gasteiger charge is -2.29. The van der Waals surface area contributed by atoms with Crippen molar-refractivity contribution in [2.24, 2.45) is 0 Å². The van der Waals surface area contributed by atoms with E-state index in [2.05, 4.69) is 28.1 Å². The normalized spacial score (nSPS) is 13.9. The van der Waals surface area contributed by atoms with Crippen LogP contribution in [0, 0.1) is 0 Å². The number of carbonyl (C=O) groups excluding carboxylic acids is 1. The molecule has 1 aliphatic rings. The Morgan fingerprint density at radius 1 is 1.38 bits per heavy atom. The second-order valence-corrected chi connectivity index (χ2v) is 6.71. The number of thiophene rings is 1. The molecule has 0 N–H and O–H groups in total. The molecule has 2 heterocycles. The molecule has 0 unspecified atom stereocenters. The summed E-state index contributed by atoms with van der Waals surface area (Å²) in [5, 5.41) is 1.93. The highest BCUT2D eigenvalue weighted by molar-refractivity contribution is 9.10. The van der Waals surface area contributed by atoms with Gasteiger partial charge in [0.05, 0.1) is 6.61 Å². The Morgan fingerprint density at radius 3 is 2.95 bits per heavy atom. The number of halogens is 1. The van der Waals surface area contributed by atoms with Crippen LogP contribution in [0.2, 0.25) is 0 Å². The lowest BCUT2D eigenvalue weighted by molar-refractivity contribution is 0.0738. The Labute approximate surface area is 136 Å². The van der Waals surface area contributed by atoms with Gasteiger partial charge in [0.1, 0.15) is 10.6 Å². The first-order valence-electron chi connectivity index (χ1n) is 6.96. The number of hydrogen-bond acceptors (Lipinski definition) is 3. The summed E-state index contributed by atoms with van der Waals surface area (Å²) in [6.07, 6.45) is 0.899. The fourth-order valence-corrected chi connectivity index (χ4v) is 4.06. The van der Waals surface area contributed by atoms with Gasteiger partial charge in [0, 0.05) is 17.6 Å². The van der Waals surface area contributed by atoms with E-state index in [1.54, 1.807) is 0 Å². The van der Waals surface area contributed by atoms with Crippen molar-refractivity contribution in [1.29, 1.82) is 0 Å². The van der Waals surface area contributed by atoms with Gasteiger partial charge in [0.15, 0.2) is 0 Å². The zero-order valence-corrected chi connectivity index (χ0v) is 14.2. The number of rotatable bonds is 3. The van der Waals surface area contributed by atoms with E-state index in [4.69, 9.17) is 4.74 Å². The average molecular weight is 366 g/mol. The molecule has 0 saturated carbocycles. The molecule has 1 amide bonds. The van der Waals surface area contributed by atoms with Gasteiger partial charge in [0.25, 0.3) is 5.91 Å². The number of hydrogen-bond donors (Lipinski definition) is 0. The van der Waals surface area contributed by atoms with Crippen molar-refractivity contribution >= 4 is 33.2 Å². The number of nitrogens with zero attached hydrogens (tertiary/aromatic N) is 1. The first-order valence-corrected chi connectivity index (χ1v) is 8.63. The first-order chi connectivity index (χ1) is 10.2. The molecule has 0 radical (unpaired) electrons. The molecule has 5 heteroatoms. The fraction of sp³-hybridized carbons (Fsp3) is 0.312. The summed E-state index contributed by atoms with van der Waals surface area (Å²) in [7, 11) is 0. The highest BCUT2D eigenvalue weighted by atomic mass is 79.9. The van der Waals surface area contributed by atoms with E-state index in [0.717, 1.165) is 28.1 Å². The molecule has 1 aliphatic heterocycles. The lowest BCUT2D eigenvalue weighted by atomic mass is 9.99. The van der Waals surface area contributed by atoms with E-state index in [0.29, 0.717) is 13.2 Å². The minimum absolute atomic E-state index is 0.101. The van der Waals surface area contributed by atoms with E-state index in [9.17, 15) is 4.79 Å². The number of carbonyl (C=O) groups is 1. The van der Waals surface area contributed by atoms with Gasteiger partial charge in [-0.2, -0.15) is 0 Å². The van der Waals surface area contributed by atoms with Gasteiger partial charge < -0.3 is 9.64 Å². The first kappa shape index (κ1) is 14.6. The number of amides is 1. The maximum Gasteiger partial charge on any atom is 0.265 e. The summed E-state index contributed by atoms with van der Waals surface area (Å²) < 4.78 is 6.43. The topological polar surface area (TPSA) is 29.5 Å². The highest BCUT2D eigenvalue weighted by Gasteiger charge is 2.24. The van der Waals surface area contributed by atoms with Crippen LogP contribution in [0.5, 0.6) is 5.75 Å². The summed E-state index contributed by atoms with van der Waals surface area (Å²) in [5.74, 6) is 0.979. The maximum absolute atomic E-state index is 12.6. The van der Waals surface area contributed by atoms with Gasteiger partial charge in [-0.1, -0.05) is 6.07 Å². The SMILES string of the molecule is CCOc1ccc2c(c1)CN(C(=O)c1sccc1Br)CC2. The van der Waals surface area contributed by atoms with Crippen LogP contribution in [0.15, 0.2) is 34.1 Å². The molecule has 1 aromatic carbocycles. The summed E-state index contributed by atoms with van der Waals surface area (Å²) in [5.41, 5.74) is 2.50. The molecule has 110 valence electrons. The van der Waals surface area contributed by atoms with E-state index >= 15 is 0 Å². The van der Waals surface area contributed by atoms with Gasteiger partial charge in [-0.05, 0) is 64.0 Å². The summed E-state index contributed by atoms with van der Waals surface area (Å²) in [4.78, 5) is 15.3. The monoisotopic (exact) mass is 365 g/mol. The van der Waals surface area contributed by atoms with E-state index in [1.165, 1.54) is 22.5 Å². The van der Waals surface area contributed by atoms with Crippen LogP contribution in [0.25, 0.3) is 0 Å². The largest absolute Gasteiger partial charge is 0.494 e. The predicted molar refractivity (Wildman–Crippen MR) is 88.1 cm³/mol. The van der Waals surface area contributed by atoms with Crippen molar-refractivity contribution in [2.45, 2.75) is 19.9 Å². The zero-order valence-electron chi connectivity index (χ0n) is 11.8. The summed E-state index contributed by atoms with van der Waals surface area (Å²) in [6.45, 7) is 4.05. The predicted octanol–water partition coefficient (Wildman–Crippen LogP) is 4.11. The van der Waals surface area contributed by atoms with E-state index < -0.39 is 0 Å². The minimum atomic E-state index is 0.101. The third kappa shape index (κ3) is 2.99. The van der Waals surface area contributed by atoms with Gasteiger partial charge >= 0.3 is 0 Å². The molecule has 0 fully saturated rings. The fourth-order valence-electron chi connectivity index (χ4n) is 2.55. The van der Waals surface area contributed by atoms with Crippen LogP contribution >= 0.6 is 27.3 Å². The van der Waals surface area contributed by atoms with Crippen LogP contribution in [0.3, 0.4) is 0 Å². The van der Waals surface area contributed by atoms with Crippen molar-refractivity contribution in [3.8, 4) is 5.75 Å². The van der Waals surface area contributed by atoms with Gasteiger partial charge in [-0.25, -0.2) is 0 Å². The Morgan fingerprint density at radius 2 is 2.24 bits per heavy atom. The van der Waals surface area contributed by atoms with Gasteiger partial charge in [-0.15, -0.1) is 11.3 Å². The molecule has 0 spiro atoms. The number of fused-ring (bicyclic) bond motifs is 1. The van der Waals surface area contributed by atoms with Crippen LogP contribution in [-0.2, 0) is 13.0 Å². The third-order valence-corrected chi connectivity index (χ3v) is 5.43. The van der Waals surface area contributed by atoms with Crippen molar-refractivity contribution in [1.82, 2.24) is 4.90 Å². The van der Waals surface area contributed by atoms with Crippen molar-refractivity contribution in [2.75, 3.05) is 13.2 Å². The molecule has 21 heavy (non-hydrogen) atoms. The molecular formula is C16H16BrNO2S. The van der Waals surface area contributed by atoms with Crippen LogP contribution < -0.4 is 4.74 Å². The highest BCUT2D eigenvalue weighted by Crippen LogP contribution is 2.28. The molecule has 3 nitrogen and oxygen atoms in total. The Balaban J connectivity index is 1.81. The quantitative estimate of drug-likeness (QED) is 0.818. The summed E-state index contributed by atoms with van der Waals surface area (Å²) >= 11 is 4.92. The van der Waals surface area contributed by atoms with E-state index in [1.807, 2.05) is 29.3 Å². The minimum Gasteiger partial charge on any atom is -0.494 e. The number of ether oxygens (including phenoxy) is 1. The second-order valence-electron chi connectivity index (χ2n) is 4.94. The summed E-state index contributed by atoms with van der Waals surface area (Å²) in [6, 6.07) is 8.10. The van der Waals surface area contributed by atoms with Crippen molar-refractivity contribution < 1.29 is 9.53 Å². The number of benzene rings is 1. The Kier molecular flexibility index (Phi) is 4.31. The zero-order chi connectivity index (χ0) is 14.8. The smallest absolute Gasteiger partial charge is 0.265 e.